The summed E-state index contributed by atoms with van der Waals surface area (Å²) in [6, 6.07) is 30.2. The normalized spacial score (nSPS) is 17.2. The molecule has 336 valence electrons. The molecular weight excluding hydrogens is 1000 g/mol. The number of hydrogen-bond donors (Lipinski definition) is 0. The zero-order chi connectivity index (χ0) is 55.3. The van der Waals surface area contributed by atoms with Gasteiger partial charge in [-0.15, -0.1) is 0 Å². The summed E-state index contributed by atoms with van der Waals surface area (Å²) < 4.78 is 102. The first-order valence-electron chi connectivity index (χ1n) is 27.6. The summed E-state index contributed by atoms with van der Waals surface area (Å²) >= 11 is 2.19. The second kappa shape index (κ2) is 15.5. The molecule has 1 aliphatic rings. The molecule has 0 fully saturated rings. The van der Waals surface area contributed by atoms with Crippen LogP contribution in [0, 0.1) is 9.22 Å². The van der Waals surface area contributed by atoms with Crippen molar-refractivity contribution in [2.45, 2.75) is 78.6 Å². The van der Waals surface area contributed by atoms with Crippen LogP contribution in [0.25, 0.3) is 72.3 Å². The fourth-order valence-electron chi connectivity index (χ4n) is 10.4. The van der Waals surface area contributed by atoms with Gasteiger partial charge in [0, 0.05) is 6.20 Å². The first kappa shape index (κ1) is 33.0. The average molecular weight is 1070 g/mol. The number of imidazole rings is 1. The molecule has 0 saturated heterocycles. The molecule has 5 nitrogen and oxygen atoms in total. The van der Waals surface area contributed by atoms with Crippen LogP contribution in [0.15, 0.2) is 176 Å². The van der Waals surface area contributed by atoms with Gasteiger partial charge >= 0.3 is 307 Å². The molecule has 0 atom stereocenters. The Kier molecular flexibility index (Phi) is 7.64. The van der Waals surface area contributed by atoms with E-state index < -0.39 is 60.4 Å². The van der Waals surface area contributed by atoms with E-state index in [2.05, 4.69) is 123 Å². The predicted molar refractivity (Wildman–Crippen MR) is 274 cm³/mol. The van der Waals surface area contributed by atoms with Crippen molar-refractivity contribution in [2.75, 3.05) is 0 Å². The van der Waals surface area contributed by atoms with Crippen molar-refractivity contribution in [1.29, 1.82) is 0 Å². The third-order valence-electron chi connectivity index (χ3n) is 15.0. The van der Waals surface area contributed by atoms with E-state index in [0.717, 1.165) is 27.8 Å². The second-order valence-electron chi connectivity index (χ2n) is 20.1. The van der Waals surface area contributed by atoms with E-state index in [9.17, 15) is 0 Å². The fraction of sp³-hybridized carbons (Fsp3) is 0.213. The summed E-state index contributed by atoms with van der Waals surface area (Å²) in [5.41, 5.74) is 7.93. The van der Waals surface area contributed by atoms with E-state index in [4.69, 9.17) is 23.4 Å². The molecule has 7 aromatic carbocycles. The van der Waals surface area contributed by atoms with Gasteiger partial charge in [0.1, 0.15) is 0 Å². The predicted octanol–water partition coefficient (Wildman–Crippen LogP) is 16.0. The van der Waals surface area contributed by atoms with Crippen molar-refractivity contribution in [3.63, 3.8) is 0 Å². The van der Waals surface area contributed by atoms with Crippen molar-refractivity contribution < 1.29 is 37.8 Å². The van der Waals surface area contributed by atoms with Crippen LogP contribution in [0.5, 0.6) is 11.5 Å². The number of pyridine rings is 1. The summed E-state index contributed by atoms with van der Waals surface area (Å²) in [5, 5.41) is 2.32. The van der Waals surface area contributed by atoms with Crippen LogP contribution < -0.4 is 4.74 Å². The number of nitrogens with zero attached hydrogens (tertiary/aromatic N) is 4. The Morgan fingerprint density at radius 1 is 0.582 bits per heavy atom. The zero-order valence-electron chi connectivity index (χ0n) is 49.0. The van der Waals surface area contributed by atoms with Crippen molar-refractivity contribution in [2.24, 2.45) is 5.41 Å². The number of aromatic nitrogens is 4. The second-order valence-corrected chi connectivity index (χ2v) is 21.1. The molecule has 3 aromatic heterocycles. The SMILES string of the molecule is [2H]c1c([2H])c([2H])c(-c2cccc(-c3c([2H])c([2H])c([2H])c([2H])c3[2H])c2-n2[c](=[Pt])n(-c3cccc(Oc4ccc5c6c7c(ccc6n(-c6cc(C(C)(C)C)ccn6)c5c4)C(C)(C)C(C)(C)C7(C)C)c3)c3ccccc32)c([2H])c1[2H]. The van der Waals surface area contributed by atoms with Crippen LogP contribution in [0.3, 0.4) is 0 Å². The Bertz CT molecular complexity index is 4110. The Morgan fingerprint density at radius 3 is 1.87 bits per heavy atom. The number of hydrogen-bond acceptors (Lipinski definition) is 2. The van der Waals surface area contributed by atoms with Crippen LogP contribution in [0.2, 0.25) is 0 Å². The molecule has 10 aromatic rings. The van der Waals surface area contributed by atoms with E-state index in [0.29, 0.717) is 26.5 Å². The Labute approximate surface area is 418 Å². The quantitative estimate of drug-likeness (QED) is 0.159. The van der Waals surface area contributed by atoms with Crippen LogP contribution in [0.1, 0.15) is 92.7 Å². The first-order valence-corrected chi connectivity index (χ1v) is 23.7. The van der Waals surface area contributed by atoms with Gasteiger partial charge in [0.25, 0.3) is 0 Å². The molecule has 3 heterocycles. The van der Waals surface area contributed by atoms with Gasteiger partial charge in [0.05, 0.1) is 0 Å². The van der Waals surface area contributed by atoms with Crippen molar-refractivity contribution in [1.82, 2.24) is 18.7 Å². The van der Waals surface area contributed by atoms with Gasteiger partial charge in [-0.2, -0.15) is 0 Å². The summed E-state index contributed by atoms with van der Waals surface area (Å²) in [6.07, 6.45) is 1.89. The molecule has 0 amide bonds. The van der Waals surface area contributed by atoms with Crippen LogP contribution in [-0.2, 0) is 35.6 Å². The van der Waals surface area contributed by atoms with Gasteiger partial charge in [-0.3, -0.25) is 0 Å². The Balaban J connectivity index is 1.11. The molecule has 0 N–H and O–H groups in total. The van der Waals surface area contributed by atoms with E-state index in [1.54, 1.807) is 18.2 Å². The van der Waals surface area contributed by atoms with Crippen molar-refractivity contribution in [3.05, 3.63) is 196 Å². The van der Waals surface area contributed by atoms with E-state index in [1.165, 1.54) is 22.1 Å². The van der Waals surface area contributed by atoms with Gasteiger partial charge in [0.15, 0.2) is 0 Å². The maximum absolute atomic E-state index is 9.13. The molecule has 0 spiro atoms. The standard InChI is InChI=1S/C61H56N4O.Pt/c1-58(2,3)42-34-35-62-54(36-42)65-52-33-32-49-56(60(6,7)61(8,9)59(49,4)5)55(52)48-31-30-45(38-53(48)65)66-44-25-18-24-43(37-44)63-39-64(51-29-17-16-28-50(51)63)57-46(40-20-12-10-13-21-40)26-19-27-47(57)41-22-14-11-15-23-41;/h10-38H,1-9H3;/i10D,11D,12D,13D,14D,15D,20D,21D,22D,23D;. The number of ether oxygens (including phenoxy) is 1. The summed E-state index contributed by atoms with van der Waals surface area (Å²) in [5.74, 6) is 1.97. The minimum atomic E-state index is -0.557. The monoisotopic (exact) mass is 1070 g/mol. The van der Waals surface area contributed by atoms with Crippen LogP contribution in [0.4, 0.5) is 0 Å². The van der Waals surface area contributed by atoms with Gasteiger partial charge in [-0.25, -0.2) is 0 Å². The van der Waals surface area contributed by atoms with Gasteiger partial charge in [0.2, 0.25) is 0 Å². The Hall–Kier alpha value is -6.55. The number of fused-ring (bicyclic) bond motifs is 6. The molecule has 0 saturated carbocycles. The van der Waals surface area contributed by atoms with Crippen LogP contribution >= 0.6 is 0 Å². The maximum atomic E-state index is 9.13. The summed E-state index contributed by atoms with van der Waals surface area (Å²) in [4.78, 5) is 5.01. The molecule has 0 radical (unpaired) electrons. The number of para-hydroxylation sites is 3. The van der Waals surface area contributed by atoms with Crippen molar-refractivity contribution in [3.8, 4) is 50.9 Å². The van der Waals surface area contributed by atoms with Gasteiger partial charge < -0.3 is 0 Å². The molecule has 1 aliphatic carbocycles. The fourth-order valence-corrected chi connectivity index (χ4v) is 11.5. The molecule has 11 rings (SSSR count). The first-order chi connectivity index (χ1) is 36.2. The van der Waals surface area contributed by atoms with Crippen molar-refractivity contribution >= 4 is 32.8 Å². The van der Waals surface area contributed by atoms with E-state index >= 15 is 0 Å². The third kappa shape index (κ3) is 6.60. The molecule has 67 heavy (non-hydrogen) atoms. The Morgan fingerprint density at radius 2 is 1.21 bits per heavy atom. The molecule has 0 unspecified atom stereocenters. The molecule has 0 bridgehead atoms. The van der Waals surface area contributed by atoms with Gasteiger partial charge in [-0.1, -0.05) is 68.4 Å². The van der Waals surface area contributed by atoms with Crippen LogP contribution in [-0.4, -0.2) is 18.7 Å². The van der Waals surface area contributed by atoms with E-state index in [1.807, 2.05) is 69.9 Å². The summed E-state index contributed by atoms with van der Waals surface area (Å²) in [6.45, 7) is 20.9. The molecule has 6 heteroatoms. The average Bonchev–Trinajstić information content (AvgIpc) is 4.04. The zero-order valence-corrected chi connectivity index (χ0v) is 41.3. The molecule has 0 aliphatic heterocycles. The molecular formula is C61H56N4OPt. The third-order valence-corrected chi connectivity index (χ3v) is 16.0. The number of benzene rings is 7. The number of rotatable bonds is 7. The minimum absolute atomic E-state index is 0.0634. The summed E-state index contributed by atoms with van der Waals surface area (Å²) in [7, 11) is 0. The topological polar surface area (TPSA) is 36.9 Å². The van der Waals surface area contributed by atoms with E-state index in [-0.39, 0.29) is 49.6 Å². The van der Waals surface area contributed by atoms with Gasteiger partial charge in [-0.05, 0) is 38.9 Å².